The number of fused-ring (bicyclic) bond motifs is 1. The van der Waals surface area contributed by atoms with E-state index in [2.05, 4.69) is 48.2 Å². The van der Waals surface area contributed by atoms with Crippen molar-refractivity contribution in [1.29, 1.82) is 0 Å². The molecule has 1 aliphatic rings. The Morgan fingerprint density at radius 3 is 2.19 bits per heavy atom. The van der Waals surface area contributed by atoms with Gasteiger partial charge >= 0.3 is 0 Å². The first-order valence-corrected chi connectivity index (χ1v) is 7.67. The van der Waals surface area contributed by atoms with E-state index < -0.39 is 0 Å². The zero-order valence-electron chi connectivity index (χ0n) is 12.5. The van der Waals surface area contributed by atoms with Crippen LogP contribution in [-0.2, 0) is 19.5 Å². The van der Waals surface area contributed by atoms with E-state index in [1.54, 1.807) is 0 Å². The summed E-state index contributed by atoms with van der Waals surface area (Å²) in [6, 6.07) is 16.5. The summed E-state index contributed by atoms with van der Waals surface area (Å²) in [6.45, 7) is 4.44. The van der Waals surface area contributed by atoms with Gasteiger partial charge in [-0.3, -0.25) is 9.69 Å². The Hall–Kier alpha value is -1.93. The lowest BCUT2D eigenvalue weighted by Crippen LogP contribution is -2.24. The maximum atomic E-state index is 12.4. The van der Waals surface area contributed by atoms with Gasteiger partial charge in [-0.25, -0.2) is 0 Å². The lowest BCUT2D eigenvalue weighted by Gasteiger charge is -2.13. The van der Waals surface area contributed by atoms with Gasteiger partial charge in [0.1, 0.15) is 0 Å². The number of rotatable bonds is 5. The van der Waals surface area contributed by atoms with Gasteiger partial charge in [-0.05, 0) is 23.1 Å². The maximum absolute atomic E-state index is 12.4. The molecule has 0 atom stereocenters. The molecule has 0 amide bonds. The number of nitrogens with zero attached hydrogens (tertiary/aromatic N) is 1. The van der Waals surface area contributed by atoms with Crippen molar-refractivity contribution in [1.82, 2.24) is 4.90 Å². The minimum absolute atomic E-state index is 0.214. The van der Waals surface area contributed by atoms with Crippen LogP contribution in [0, 0.1) is 0 Å². The molecule has 0 bridgehead atoms. The van der Waals surface area contributed by atoms with Crippen LogP contribution >= 0.6 is 0 Å². The molecule has 0 spiro atoms. The monoisotopic (exact) mass is 279 g/mol. The molecular weight excluding hydrogens is 258 g/mol. The molecule has 3 rings (SSSR count). The lowest BCUT2D eigenvalue weighted by molar-refractivity contribution is 0.0929. The van der Waals surface area contributed by atoms with Gasteiger partial charge in [0.05, 0.1) is 6.54 Å². The average Bonchev–Trinajstić information content (AvgIpc) is 2.90. The lowest BCUT2D eigenvalue weighted by atomic mass is 10.1. The molecule has 0 aromatic heterocycles. The summed E-state index contributed by atoms with van der Waals surface area (Å²) in [5, 5.41) is 0. The van der Waals surface area contributed by atoms with Crippen molar-refractivity contribution < 1.29 is 4.79 Å². The quantitative estimate of drug-likeness (QED) is 0.775. The first-order valence-electron chi connectivity index (χ1n) is 7.67. The molecule has 21 heavy (non-hydrogen) atoms. The Bertz CT molecular complexity index is 605. The van der Waals surface area contributed by atoms with Crippen LogP contribution in [0.1, 0.15) is 40.4 Å². The van der Waals surface area contributed by atoms with Crippen LogP contribution in [0.5, 0.6) is 0 Å². The van der Waals surface area contributed by atoms with Crippen LogP contribution < -0.4 is 0 Å². The van der Waals surface area contributed by atoms with Gasteiger partial charge in [0.2, 0.25) is 0 Å². The number of hydrogen-bond acceptors (Lipinski definition) is 2. The van der Waals surface area contributed by atoms with Crippen LogP contribution in [0.15, 0.2) is 48.5 Å². The molecular formula is C19H21NO. The van der Waals surface area contributed by atoms with Crippen LogP contribution in [0.2, 0.25) is 0 Å². The predicted octanol–water partition coefficient (Wildman–Crippen LogP) is 3.84. The predicted molar refractivity (Wildman–Crippen MR) is 85.3 cm³/mol. The van der Waals surface area contributed by atoms with Crippen molar-refractivity contribution >= 4 is 5.78 Å². The third-order valence-electron chi connectivity index (χ3n) is 4.09. The van der Waals surface area contributed by atoms with E-state index in [0.29, 0.717) is 6.54 Å². The third kappa shape index (κ3) is 3.22. The Labute approximate surface area is 126 Å². The van der Waals surface area contributed by atoms with Crippen molar-refractivity contribution in [2.75, 3.05) is 6.54 Å². The van der Waals surface area contributed by atoms with Crippen LogP contribution in [0.4, 0.5) is 0 Å². The second-order valence-electron chi connectivity index (χ2n) is 5.78. The molecule has 0 aliphatic carbocycles. The van der Waals surface area contributed by atoms with E-state index in [1.165, 1.54) is 16.7 Å². The van der Waals surface area contributed by atoms with E-state index >= 15 is 0 Å². The van der Waals surface area contributed by atoms with Crippen molar-refractivity contribution in [2.24, 2.45) is 0 Å². The highest BCUT2D eigenvalue weighted by Gasteiger charge is 2.20. The van der Waals surface area contributed by atoms with Gasteiger partial charge in [0, 0.05) is 18.7 Å². The molecule has 0 radical (unpaired) electrons. The van der Waals surface area contributed by atoms with Gasteiger partial charge in [0.25, 0.3) is 0 Å². The maximum Gasteiger partial charge on any atom is 0.176 e. The van der Waals surface area contributed by atoms with Crippen molar-refractivity contribution in [3.05, 3.63) is 70.8 Å². The number of benzene rings is 2. The SMILES string of the molecule is CCCc1ccc(C(=O)CN2Cc3ccccc3C2)cc1. The first-order chi connectivity index (χ1) is 10.3. The molecule has 0 fully saturated rings. The second kappa shape index (κ2) is 6.23. The van der Waals surface area contributed by atoms with Gasteiger partial charge in [-0.2, -0.15) is 0 Å². The second-order valence-corrected chi connectivity index (χ2v) is 5.78. The number of Topliss-reactive ketones (excluding diaryl/α,β-unsaturated/α-hetero) is 1. The molecule has 0 N–H and O–H groups in total. The smallest absolute Gasteiger partial charge is 0.176 e. The number of hydrogen-bond donors (Lipinski definition) is 0. The first kappa shape index (κ1) is 14.0. The summed E-state index contributed by atoms with van der Waals surface area (Å²) >= 11 is 0. The Morgan fingerprint density at radius 1 is 1.00 bits per heavy atom. The fraction of sp³-hybridized carbons (Fsp3) is 0.316. The molecule has 2 aromatic carbocycles. The Kier molecular flexibility index (Phi) is 4.16. The fourth-order valence-corrected chi connectivity index (χ4v) is 2.96. The topological polar surface area (TPSA) is 20.3 Å². The molecule has 2 heteroatoms. The molecule has 108 valence electrons. The largest absolute Gasteiger partial charge is 0.293 e. The van der Waals surface area contributed by atoms with Gasteiger partial charge in [-0.1, -0.05) is 61.9 Å². The van der Waals surface area contributed by atoms with E-state index in [-0.39, 0.29) is 5.78 Å². The summed E-state index contributed by atoms with van der Waals surface area (Å²) in [5.41, 5.74) is 4.83. The standard InChI is InChI=1S/C19H21NO/c1-2-5-15-8-10-16(11-9-15)19(21)14-20-12-17-6-3-4-7-18(17)13-20/h3-4,6-11H,2,5,12-14H2,1H3. The van der Waals surface area contributed by atoms with E-state index in [1.807, 2.05) is 12.1 Å². The Balaban J connectivity index is 1.62. The summed E-state index contributed by atoms with van der Waals surface area (Å²) in [7, 11) is 0. The third-order valence-corrected chi connectivity index (χ3v) is 4.09. The van der Waals surface area contributed by atoms with Crippen molar-refractivity contribution in [3.63, 3.8) is 0 Å². The molecule has 0 unspecified atom stereocenters. The van der Waals surface area contributed by atoms with E-state index in [0.717, 1.165) is 31.5 Å². The molecule has 2 nitrogen and oxygen atoms in total. The van der Waals surface area contributed by atoms with Gasteiger partial charge < -0.3 is 0 Å². The number of aryl methyl sites for hydroxylation is 1. The highest BCUT2D eigenvalue weighted by molar-refractivity contribution is 5.97. The zero-order chi connectivity index (χ0) is 14.7. The van der Waals surface area contributed by atoms with Gasteiger partial charge in [-0.15, -0.1) is 0 Å². The molecule has 1 heterocycles. The minimum Gasteiger partial charge on any atom is -0.293 e. The van der Waals surface area contributed by atoms with Crippen molar-refractivity contribution in [2.45, 2.75) is 32.9 Å². The van der Waals surface area contributed by atoms with Gasteiger partial charge in [0.15, 0.2) is 5.78 Å². The van der Waals surface area contributed by atoms with Crippen LogP contribution in [-0.4, -0.2) is 17.2 Å². The highest BCUT2D eigenvalue weighted by Crippen LogP contribution is 2.22. The van der Waals surface area contributed by atoms with E-state index in [4.69, 9.17) is 0 Å². The summed E-state index contributed by atoms with van der Waals surface area (Å²) in [6.07, 6.45) is 2.22. The Morgan fingerprint density at radius 2 is 1.62 bits per heavy atom. The molecule has 2 aromatic rings. The minimum atomic E-state index is 0.214. The van der Waals surface area contributed by atoms with E-state index in [9.17, 15) is 4.79 Å². The average molecular weight is 279 g/mol. The number of carbonyl (C=O) groups is 1. The van der Waals surface area contributed by atoms with Crippen molar-refractivity contribution in [3.8, 4) is 0 Å². The van der Waals surface area contributed by atoms with Crippen LogP contribution in [0.3, 0.4) is 0 Å². The zero-order valence-corrected chi connectivity index (χ0v) is 12.5. The summed E-state index contributed by atoms with van der Waals surface area (Å²) in [5.74, 6) is 0.214. The molecule has 0 saturated heterocycles. The summed E-state index contributed by atoms with van der Waals surface area (Å²) < 4.78 is 0. The summed E-state index contributed by atoms with van der Waals surface area (Å²) in [4.78, 5) is 14.6. The normalized spacial score (nSPS) is 14.1. The number of carbonyl (C=O) groups excluding carboxylic acids is 1. The highest BCUT2D eigenvalue weighted by atomic mass is 16.1. The number of ketones is 1. The molecule has 1 aliphatic heterocycles. The fourth-order valence-electron chi connectivity index (χ4n) is 2.96. The van der Waals surface area contributed by atoms with Crippen LogP contribution in [0.25, 0.3) is 0 Å². The molecule has 0 saturated carbocycles.